The number of carbonyl (C=O) groups excluding carboxylic acids is 2. The number of hydrogen-bond donors (Lipinski definition) is 1. The van der Waals surface area contributed by atoms with Crippen LogP contribution in [0.5, 0.6) is 5.75 Å². The highest BCUT2D eigenvalue weighted by Crippen LogP contribution is 2.42. The van der Waals surface area contributed by atoms with Crippen LogP contribution >= 0.6 is 11.8 Å². The van der Waals surface area contributed by atoms with Gasteiger partial charge in [-0.25, -0.2) is 0 Å². The van der Waals surface area contributed by atoms with Crippen molar-refractivity contribution >= 4 is 29.7 Å². The fourth-order valence-corrected chi connectivity index (χ4v) is 5.95. The van der Waals surface area contributed by atoms with E-state index in [9.17, 15) is 9.59 Å². The van der Waals surface area contributed by atoms with Gasteiger partial charge in [0.25, 0.3) is 5.91 Å². The fourth-order valence-electron chi connectivity index (χ4n) is 4.48. The van der Waals surface area contributed by atoms with Crippen molar-refractivity contribution < 1.29 is 14.3 Å². The van der Waals surface area contributed by atoms with Gasteiger partial charge in [-0.2, -0.15) is 0 Å². The molecule has 32 heavy (non-hydrogen) atoms. The van der Waals surface area contributed by atoms with E-state index in [1.54, 1.807) is 18.9 Å². The molecule has 2 amide bonds. The first-order valence-electron chi connectivity index (χ1n) is 11.2. The smallest absolute Gasteiger partial charge is 0.261 e. The number of hydrogen-bond acceptors (Lipinski definition) is 4. The van der Waals surface area contributed by atoms with Crippen molar-refractivity contribution in [2.24, 2.45) is 0 Å². The number of nitrogens with zero attached hydrogens (tertiary/aromatic N) is 1. The quantitative estimate of drug-likeness (QED) is 0.643. The molecule has 1 saturated carbocycles. The van der Waals surface area contributed by atoms with E-state index in [4.69, 9.17) is 4.74 Å². The van der Waals surface area contributed by atoms with E-state index in [2.05, 4.69) is 5.32 Å². The van der Waals surface area contributed by atoms with Crippen molar-refractivity contribution in [2.75, 3.05) is 13.7 Å². The maximum Gasteiger partial charge on any atom is 0.261 e. The Kier molecular flexibility index (Phi) is 7.20. The number of benzene rings is 2. The molecule has 1 saturated heterocycles. The summed E-state index contributed by atoms with van der Waals surface area (Å²) in [5, 5.41) is 3.40. The highest BCUT2D eigenvalue weighted by molar-refractivity contribution is 8.04. The number of ether oxygens (including phenoxy) is 1. The second kappa shape index (κ2) is 10.3. The average Bonchev–Trinajstić information content (AvgIpc) is 2.82. The van der Waals surface area contributed by atoms with Crippen molar-refractivity contribution in [3.63, 3.8) is 0 Å². The molecule has 3 atom stereocenters. The zero-order valence-electron chi connectivity index (χ0n) is 18.6. The van der Waals surface area contributed by atoms with Crippen LogP contribution in [0.2, 0.25) is 0 Å². The molecule has 0 radical (unpaired) electrons. The highest BCUT2D eigenvalue weighted by Gasteiger charge is 2.41. The third-order valence-corrected chi connectivity index (χ3v) is 7.62. The molecule has 2 aliphatic rings. The molecule has 1 aliphatic carbocycles. The van der Waals surface area contributed by atoms with Crippen molar-refractivity contribution in [3.05, 3.63) is 70.6 Å². The zero-order valence-corrected chi connectivity index (χ0v) is 19.4. The van der Waals surface area contributed by atoms with Gasteiger partial charge in [0, 0.05) is 11.3 Å². The first-order chi connectivity index (χ1) is 15.5. The molecule has 0 bridgehead atoms. The summed E-state index contributed by atoms with van der Waals surface area (Å²) >= 11 is 1.68. The van der Waals surface area contributed by atoms with E-state index in [0.29, 0.717) is 10.2 Å². The molecule has 5 nitrogen and oxygen atoms in total. The standard InChI is InChI=1S/C26H30N2O3S/c1-18(20-8-4-3-5-9-20)27-25(29)17-28-22-10-6-7-11-23(22)32-24(26(28)30)16-19-12-14-21(31-2)15-13-19/h3-5,8-9,12-16,18,22-23H,6-7,10-11,17H2,1-2H3,(H,27,29)/b24-16-. The van der Waals surface area contributed by atoms with Gasteiger partial charge in [0.1, 0.15) is 12.3 Å². The predicted molar refractivity (Wildman–Crippen MR) is 129 cm³/mol. The Morgan fingerprint density at radius 1 is 1.16 bits per heavy atom. The maximum atomic E-state index is 13.4. The molecule has 1 N–H and O–H groups in total. The number of methoxy groups -OCH3 is 1. The molecule has 3 unspecified atom stereocenters. The van der Waals surface area contributed by atoms with Gasteiger partial charge < -0.3 is 15.0 Å². The van der Waals surface area contributed by atoms with E-state index in [1.165, 1.54) is 6.42 Å². The normalized spacial score (nSPS) is 22.9. The van der Waals surface area contributed by atoms with Gasteiger partial charge in [0.2, 0.25) is 5.91 Å². The SMILES string of the molecule is COc1ccc(/C=C2\SC3CCCCC3N(CC(=O)NC(C)c3ccccc3)C2=O)cc1. The lowest BCUT2D eigenvalue weighted by Gasteiger charge is -2.44. The van der Waals surface area contributed by atoms with Crippen molar-refractivity contribution in [1.82, 2.24) is 10.2 Å². The Morgan fingerprint density at radius 3 is 2.59 bits per heavy atom. The monoisotopic (exact) mass is 450 g/mol. The summed E-state index contributed by atoms with van der Waals surface area (Å²) in [4.78, 5) is 28.9. The molecule has 6 heteroatoms. The van der Waals surface area contributed by atoms with Crippen LogP contribution in [0.25, 0.3) is 6.08 Å². The van der Waals surface area contributed by atoms with Gasteiger partial charge in [-0.3, -0.25) is 9.59 Å². The lowest BCUT2D eigenvalue weighted by Crippen LogP contribution is -2.54. The predicted octanol–water partition coefficient (Wildman–Crippen LogP) is 4.80. The van der Waals surface area contributed by atoms with Gasteiger partial charge in [-0.1, -0.05) is 55.3 Å². The summed E-state index contributed by atoms with van der Waals surface area (Å²) in [6.45, 7) is 2.07. The van der Waals surface area contributed by atoms with Crippen molar-refractivity contribution in [2.45, 2.75) is 49.9 Å². The molecular formula is C26H30N2O3S. The van der Waals surface area contributed by atoms with Gasteiger partial charge in [-0.15, -0.1) is 11.8 Å². The Bertz CT molecular complexity index is 974. The number of fused-ring (bicyclic) bond motifs is 1. The zero-order chi connectivity index (χ0) is 22.5. The second-order valence-electron chi connectivity index (χ2n) is 8.42. The summed E-state index contributed by atoms with van der Waals surface area (Å²) < 4.78 is 5.23. The summed E-state index contributed by atoms with van der Waals surface area (Å²) in [6, 6.07) is 17.6. The molecular weight excluding hydrogens is 420 g/mol. The van der Waals surface area contributed by atoms with Gasteiger partial charge in [0.15, 0.2) is 0 Å². The van der Waals surface area contributed by atoms with Crippen LogP contribution in [-0.2, 0) is 9.59 Å². The molecule has 2 aromatic carbocycles. The molecule has 1 aliphatic heterocycles. The molecule has 0 spiro atoms. The van der Waals surface area contributed by atoms with E-state index in [0.717, 1.165) is 36.1 Å². The van der Waals surface area contributed by atoms with Crippen LogP contribution in [0.15, 0.2) is 59.5 Å². The van der Waals surface area contributed by atoms with Crippen LogP contribution < -0.4 is 10.1 Å². The van der Waals surface area contributed by atoms with Crippen LogP contribution in [-0.4, -0.2) is 41.7 Å². The first-order valence-corrected chi connectivity index (χ1v) is 12.1. The van der Waals surface area contributed by atoms with Gasteiger partial charge >= 0.3 is 0 Å². The van der Waals surface area contributed by atoms with Gasteiger partial charge in [-0.05, 0) is 49.1 Å². The largest absolute Gasteiger partial charge is 0.497 e. The maximum absolute atomic E-state index is 13.4. The number of amides is 2. The van der Waals surface area contributed by atoms with Crippen LogP contribution in [0.3, 0.4) is 0 Å². The lowest BCUT2D eigenvalue weighted by atomic mass is 9.93. The summed E-state index contributed by atoms with van der Waals surface area (Å²) in [5.74, 6) is 0.624. The molecule has 4 rings (SSSR count). The third-order valence-electron chi connectivity index (χ3n) is 6.22. The minimum atomic E-state index is -0.116. The first kappa shape index (κ1) is 22.5. The van der Waals surface area contributed by atoms with Crippen LogP contribution in [0, 0.1) is 0 Å². The third kappa shape index (κ3) is 5.18. The Morgan fingerprint density at radius 2 is 1.88 bits per heavy atom. The second-order valence-corrected chi connectivity index (χ2v) is 9.70. The van der Waals surface area contributed by atoms with E-state index >= 15 is 0 Å². The summed E-state index contributed by atoms with van der Waals surface area (Å²) in [6.07, 6.45) is 6.24. The molecule has 2 aromatic rings. The molecule has 0 aromatic heterocycles. The summed E-state index contributed by atoms with van der Waals surface area (Å²) in [5.41, 5.74) is 2.01. The van der Waals surface area contributed by atoms with Crippen molar-refractivity contribution in [1.29, 1.82) is 0 Å². The minimum Gasteiger partial charge on any atom is -0.497 e. The number of nitrogens with one attached hydrogen (secondary N) is 1. The average molecular weight is 451 g/mol. The van der Waals surface area contributed by atoms with E-state index in [-0.39, 0.29) is 30.4 Å². The van der Waals surface area contributed by atoms with Crippen molar-refractivity contribution in [3.8, 4) is 5.75 Å². The molecule has 168 valence electrons. The fraction of sp³-hybridized carbons (Fsp3) is 0.385. The number of carbonyl (C=O) groups is 2. The van der Waals surface area contributed by atoms with E-state index < -0.39 is 0 Å². The lowest BCUT2D eigenvalue weighted by molar-refractivity contribution is -0.135. The Hall–Kier alpha value is -2.73. The molecule has 1 heterocycles. The van der Waals surface area contributed by atoms with Crippen LogP contribution in [0.4, 0.5) is 0 Å². The highest BCUT2D eigenvalue weighted by atomic mass is 32.2. The Balaban J connectivity index is 1.51. The topological polar surface area (TPSA) is 58.6 Å². The number of thioether (sulfide) groups is 1. The minimum absolute atomic E-state index is 0.0449. The summed E-state index contributed by atoms with van der Waals surface area (Å²) in [7, 11) is 1.64. The van der Waals surface area contributed by atoms with Crippen LogP contribution in [0.1, 0.15) is 49.8 Å². The molecule has 2 fully saturated rings. The Labute approximate surface area is 194 Å². The van der Waals surface area contributed by atoms with Gasteiger partial charge in [0.05, 0.1) is 18.1 Å². The number of rotatable bonds is 6. The van der Waals surface area contributed by atoms with E-state index in [1.807, 2.05) is 72.5 Å².